The summed E-state index contributed by atoms with van der Waals surface area (Å²) in [5.74, 6) is -0.0444. The van der Waals surface area contributed by atoms with Crippen molar-refractivity contribution in [1.82, 2.24) is 15.1 Å². The van der Waals surface area contributed by atoms with Gasteiger partial charge in [-0.1, -0.05) is 63.6 Å². The first kappa shape index (κ1) is 23.5. The fourth-order valence-corrected chi connectivity index (χ4v) is 5.26. The Morgan fingerprint density at radius 2 is 1.76 bits per heavy atom. The summed E-state index contributed by atoms with van der Waals surface area (Å²) in [6, 6.07) is 8.10. The molecule has 0 radical (unpaired) electrons. The van der Waals surface area contributed by atoms with Crippen LogP contribution in [0.5, 0.6) is 0 Å². The van der Waals surface area contributed by atoms with Crippen molar-refractivity contribution < 1.29 is 9.59 Å². The lowest BCUT2D eigenvalue weighted by Crippen LogP contribution is -2.65. The number of nitrogens with one attached hydrogen (secondary N) is 1. The van der Waals surface area contributed by atoms with Crippen LogP contribution in [0.1, 0.15) is 98.9 Å². The van der Waals surface area contributed by atoms with Gasteiger partial charge in [-0.15, -0.1) is 0 Å². The lowest BCUT2D eigenvalue weighted by molar-refractivity contribution is -0.127. The van der Waals surface area contributed by atoms with Crippen LogP contribution >= 0.6 is 0 Å². The van der Waals surface area contributed by atoms with E-state index >= 15 is 0 Å². The molecule has 2 aromatic rings. The number of anilines is 1. The highest BCUT2D eigenvalue weighted by Crippen LogP contribution is 2.36. The predicted molar refractivity (Wildman–Crippen MR) is 132 cm³/mol. The standard InChI is InChI=1S/C27H38N4O2/c1-18(2)22-16-24-25(32)31(23-14-13-19(3)15-20(23)4)27(5,17-30(24)29-22)26(33)28-21-11-9-7-6-8-10-12-21/h13-16,18,21H,6-12,17H2,1-5H3,(H,28,33)/t27-/m0/s1. The van der Waals surface area contributed by atoms with Crippen molar-refractivity contribution >= 4 is 17.5 Å². The minimum absolute atomic E-state index is 0.0892. The highest BCUT2D eigenvalue weighted by molar-refractivity contribution is 6.12. The number of rotatable bonds is 4. The summed E-state index contributed by atoms with van der Waals surface area (Å²) < 4.78 is 1.75. The number of fused-ring (bicyclic) bond motifs is 1. The third-order valence-electron chi connectivity index (χ3n) is 7.29. The first-order chi connectivity index (χ1) is 15.7. The molecule has 0 bridgehead atoms. The SMILES string of the molecule is Cc1ccc(N2C(=O)c3cc(C(C)C)nn3C[C@@]2(C)C(=O)NC2CCCCCCC2)c(C)c1. The van der Waals surface area contributed by atoms with Gasteiger partial charge < -0.3 is 5.32 Å². The van der Waals surface area contributed by atoms with Gasteiger partial charge >= 0.3 is 0 Å². The van der Waals surface area contributed by atoms with Crippen molar-refractivity contribution in [3.8, 4) is 0 Å². The first-order valence-corrected chi connectivity index (χ1v) is 12.5. The highest BCUT2D eigenvalue weighted by atomic mass is 16.2. The molecule has 2 heterocycles. The van der Waals surface area contributed by atoms with E-state index in [0.29, 0.717) is 12.2 Å². The number of amides is 2. The second-order valence-electron chi connectivity index (χ2n) is 10.5. The monoisotopic (exact) mass is 450 g/mol. The molecule has 0 unspecified atom stereocenters. The van der Waals surface area contributed by atoms with Gasteiger partial charge in [0, 0.05) is 11.7 Å². The average Bonchev–Trinajstić information content (AvgIpc) is 3.15. The van der Waals surface area contributed by atoms with E-state index in [2.05, 4.69) is 25.2 Å². The molecule has 6 nitrogen and oxygen atoms in total. The van der Waals surface area contributed by atoms with Crippen molar-refractivity contribution in [2.75, 3.05) is 4.90 Å². The maximum absolute atomic E-state index is 13.9. The van der Waals surface area contributed by atoms with Gasteiger partial charge in [0.1, 0.15) is 11.2 Å². The number of nitrogens with zero attached hydrogens (tertiary/aromatic N) is 3. The Labute approximate surface area is 197 Å². The summed E-state index contributed by atoms with van der Waals surface area (Å²) >= 11 is 0. The predicted octanol–water partition coefficient (Wildman–Crippen LogP) is 5.27. The Kier molecular flexibility index (Phi) is 6.64. The van der Waals surface area contributed by atoms with E-state index in [4.69, 9.17) is 5.10 Å². The molecule has 1 saturated carbocycles. The van der Waals surface area contributed by atoms with Crippen molar-refractivity contribution in [2.45, 2.75) is 104 Å². The second kappa shape index (κ2) is 9.32. The Morgan fingerprint density at radius 3 is 2.39 bits per heavy atom. The summed E-state index contributed by atoms with van der Waals surface area (Å²) in [7, 11) is 0. The van der Waals surface area contributed by atoms with E-state index in [1.165, 1.54) is 19.3 Å². The maximum Gasteiger partial charge on any atom is 0.277 e. The van der Waals surface area contributed by atoms with Crippen LogP contribution < -0.4 is 10.2 Å². The molecular formula is C27H38N4O2. The van der Waals surface area contributed by atoms with Crippen molar-refractivity contribution in [1.29, 1.82) is 0 Å². The van der Waals surface area contributed by atoms with Crippen LogP contribution in [0.2, 0.25) is 0 Å². The van der Waals surface area contributed by atoms with E-state index in [9.17, 15) is 9.59 Å². The number of benzene rings is 1. The normalized spacial score (nSPS) is 22.1. The third-order valence-corrected chi connectivity index (χ3v) is 7.29. The fourth-order valence-electron chi connectivity index (χ4n) is 5.26. The van der Waals surface area contributed by atoms with Crippen molar-refractivity contribution in [3.63, 3.8) is 0 Å². The van der Waals surface area contributed by atoms with Gasteiger partial charge in [-0.25, -0.2) is 0 Å². The zero-order chi connectivity index (χ0) is 23.8. The quantitative estimate of drug-likeness (QED) is 0.690. The summed E-state index contributed by atoms with van der Waals surface area (Å²) in [5.41, 5.74) is 3.28. The van der Waals surface area contributed by atoms with Gasteiger partial charge in [-0.2, -0.15) is 5.10 Å². The molecule has 1 aliphatic heterocycles. The van der Waals surface area contributed by atoms with Gasteiger partial charge in [-0.3, -0.25) is 19.2 Å². The van der Waals surface area contributed by atoms with E-state index in [1.54, 1.807) is 9.58 Å². The molecule has 1 fully saturated rings. The smallest absolute Gasteiger partial charge is 0.277 e. The van der Waals surface area contributed by atoms with Gasteiger partial charge in [-0.05, 0) is 57.2 Å². The van der Waals surface area contributed by atoms with Gasteiger partial charge in [0.2, 0.25) is 5.91 Å². The molecule has 0 spiro atoms. The molecule has 1 atom stereocenters. The van der Waals surface area contributed by atoms with E-state index < -0.39 is 5.54 Å². The molecule has 1 aromatic carbocycles. The fraction of sp³-hybridized carbons (Fsp3) is 0.593. The van der Waals surface area contributed by atoms with Crippen LogP contribution in [0, 0.1) is 13.8 Å². The lowest BCUT2D eigenvalue weighted by atomic mass is 9.91. The minimum atomic E-state index is -1.06. The van der Waals surface area contributed by atoms with Crippen LogP contribution in [0.25, 0.3) is 0 Å². The van der Waals surface area contributed by atoms with Gasteiger partial charge in [0.05, 0.1) is 12.2 Å². The maximum atomic E-state index is 13.9. The van der Waals surface area contributed by atoms with Crippen LogP contribution in [0.15, 0.2) is 24.3 Å². The van der Waals surface area contributed by atoms with E-state index in [1.807, 2.05) is 39.0 Å². The van der Waals surface area contributed by atoms with E-state index in [-0.39, 0.29) is 23.8 Å². The Morgan fingerprint density at radius 1 is 1.09 bits per heavy atom. The second-order valence-corrected chi connectivity index (χ2v) is 10.5. The largest absolute Gasteiger partial charge is 0.351 e. The molecule has 0 saturated heterocycles. The number of hydrogen-bond donors (Lipinski definition) is 1. The Hall–Kier alpha value is -2.63. The highest BCUT2D eigenvalue weighted by Gasteiger charge is 2.49. The Balaban J connectivity index is 1.74. The number of carbonyl (C=O) groups is 2. The molecule has 33 heavy (non-hydrogen) atoms. The van der Waals surface area contributed by atoms with Crippen LogP contribution in [0.4, 0.5) is 5.69 Å². The topological polar surface area (TPSA) is 67.2 Å². The van der Waals surface area contributed by atoms with Crippen molar-refractivity contribution in [3.05, 3.63) is 46.8 Å². The molecule has 4 rings (SSSR count). The summed E-state index contributed by atoms with van der Waals surface area (Å²) in [6.07, 6.45) is 8.03. The summed E-state index contributed by atoms with van der Waals surface area (Å²) in [6.45, 7) is 10.4. The van der Waals surface area contributed by atoms with Crippen molar-refractivity contribution in [2.24, 2.45) is 0 Å². The zero-order valence-corrected chi connectivity index (χ0v) is 20.8. The molecule has 2 aliphatic rings. The molecule has 1 N–H and O–H groups in total. The molecular weight excluding hydrogens is 412 g/mol. The van der Waals surface area contributed by atoms with Crippen LogP contribution in [-0.2, 0) is 11.3 Å². The lowest BCUT2D eigenvalue weighted by Gasteiger charge is -2.44. The molecule has 6 heteroatoms. The number of carbonyl (C=O) groups excluding carboxylic acids is 2. The first-order valence-electron chi connectivity index (χ1n) is 12.5. The molecule has 1 aromatic heterocycles. The third kappa shape index (κ3) is 4.57. The number of hydrogen-bond acceptors (Lipinski definition) is 3. The summed E-state index contributed by atoms with van der Waals surface area (Å²) in [5, 5.41) is 8.04. The minimum Gasteiger partial charge on any atom is -0.351 e. The number of aromatic nitrogens is 2. The molecule has 2 amide bonds. The average molecular weight is 451 g/mol. The number of aryl methyl sites for hydroxylation is 2. The van der Waals surface area contributed by atoms with Crippen LogP contribution in [0.3, 0.4) is 0 Å². The van der Waals surface area contributed by atoms with Crippen LogP contribution in [-0.4, -0.2) is 33.2 Å². The summed E-state index contributed by atoms with van der Waals surface area (Å²) in [4.78, 5) is 29.5. The van der Waals surface area contributed by atoms with E-state index in [0.717, 1.165) is 48.2 Å². The van der Waals surface area contributed by atoms with Gasteiger partial charge in [0.15, 0.2) is 0 Å². The molecule has 178 valence electrons. The Bertz CT molecular complexity index is 1030. The molecule has 1 aliphatic carbocycles. The zero-order valence-electron chi connectivity index (χ0n) is 20.8. The van der Waals surface area contributed by atoms with Gasteiger partial charge in [0.25, 0.3) is 5.91 Å².